The van der Waals surface area contributed by atoms with Gasteiger partial charge in [-0.3, -0.25) is 0 Å². The third kappa shape index (κ3) is 4.43. The maximum absolute atomic E-state index is 6.47. The number of hydrogen-bond donors (Lipinski definition) is 0. The number of para-hydroxylation sites is 1. The Bertz CT molecular complexity index is 2530. The van der Waals surface area contributed by atoms with E-state index in [0.29, 0.717) is 0 Å². The maximum Gasteiger partial charge on any atom is 0.143 e. The molecule has 2 nitrogen and oxygen atoms in total. The van der Waals surface area contributed by atoms with Crippen molar-refractivity contribution in [2.45, 2.75) is 0 Å². The fourth-order valence-electron chi connectivity index (χ4n) is 6.77. The third-order valence-electron chi connectivity index (χ3n) is 9.04. The molecule has 0 saturated heterocycles. The van der Waals surface area contributed by atoms with Crippen LogP contribution in [-0.4, -0.2) is 0 Å². The molecular formula is C44H29NO. The van der Waals surface area contributed by atoms with Gasteiger partial charge in [-0.05, 0) is 81.6 Å². The van der Waals surface area contributed by atoms with Gasteiger partial charge in [-0.25, -0.2) is 0 Å². The number of furan rings is 1. The molecular weight excluding hydrogens is 558 g/mol. The average Bonchev–Trinajstić information content (AvgIpc) is 3.52. The predicted octanol–water partition coefficient (Wildman–Crippen LogP) is 12.7. The molecule has 0 aliphatic rings. The molecule has 0 atom stereocenters. The summed E-state index contributed by atoms with van der Waals surface area (Å²) in [6, 6.07) is 62.8. The van der Waals surface area contributed by atoms with Crippen molar-refractivity contribution >= 4 is 60.5 Å². The zero-order valence-electron chi connectivity index (χ0n) is 25.1. The molecule has 0 saturated carbocycles. The average molecular weight is 588 g/mol. The van der Waals surface area contributed by atoms with Crippen LogP contribution in [0.1, 0.15) is 0 Å². The lowest BCUT2D eigenvalue weighted by Crippen LogP contribution is -2.10. The Morgan fingerprint density at radius 3 is 1.87 bits per heavy atom. The molecule has 1 heterocycles. The van der Waals surface area contributed by atoms with Crippen molar-refractivity contribution in [3.8, 4) is 22.3 Å². The van der Waals surface area contributed by atoms with Crippen LogP contribution in [0.3, 0.4) is 0 Å². The Balaban J connectivity index is 1.24. The van der Waals surface area contributed by atoms with E-state index in [-0.39, 0.29) is 0 Å². The van der Waals surface area contributed by atoms with Crippen LogP contribution >= 0.6 is 0 Å². The standard InChI is InChI=1S/C44H29NO/c1-2-10-30(11-3-1)32-22-24-36(25-23-32)45(37-15-8-14-34(29-37)35-21-20-31-12-4-5-13-33(31)28-35)42-18-9-17-40-38(42)26-27-41-39-16-6-7-19-43(39)46-44(40)41/h1-29H. The normalized spacial score (nSPS) is 11.5. The molecule has 0 fully saturated rings. The Morgan fingerprint density at radius 1 is 0.348 bits per heavy atom. The van der Waals surface area contributed by atoms with Gasteiger partial charge in [0.1, 0.15) is 11.2 Å². The van der Waals surface area contributed by atoms with Crippen LogP contribution in [0.15, 0.2) is 180 Å². The van der Waals surface area contributed by atoms with Crippen LogP contribution in [-0.2, 0) is 0 Å². The molecule has 9 aromatic rings. The highest BCUT2D eigenvalue weighted by molar-refractivity contribution is 6.17. The first-order chi connectivity index (χ1) is 22.8. The van der Waals surface area contributed by atoms with Crippen molar-refractivity contribution in [3.63, 3.8) is 0 Å². The van der Waals surface area contributed by atoms with E-state index in [1.807, 2.05) is 12.1 Å². The second-order valence-electron chi connectivity index (χ2n) is 11.8. The maximum atomic E-state index is 6.47. The van der Waals surface area contributed by atoms with Crippen molar-refractivity contribution in [3.05, 3.63) is 176 Å². The number of nitrogens with zero attached hydrogens (tertiary/aromatic N) is 1. The quantitative estimate of drug-likeness (QED) is 0.199. The molecule has 46 heavy (non-hydrogen) atoms. The Kier molecular flexibility index (Phi) is 6.17. The molecule has 0 bridgehead atoms. The van der Waals surface area contributed by atoms with Gasteiger partial charge in [0.2, 0.25) is 0 Å². The van der Waals surface area contributed by atoms with Gasteiger partial charge in [-0.1, -0.05) is 127 Å². The second-order valence-corrected chi connectivity index (χ2v) is 11.8. The molecule has 9 rings (SSSR count). The number of rotatable bonds is 5. The van der Waals surface area contributed by atoms with Crippen LogP contribution in [0, 0.1) is 0 Å². The SMILES string of the molecule is c1ccc(-c2ccc(N(c3cccc(-c4ccc5ccccc5c4)c3)c3cccc4c3ccc3c5ccccc5oc43)cc2)cc1. The van der Waals surface area contributed by atoms with E-state index in [9.17, 15) is 0 Å². The largest absolute Gasteiger partial charge is 0.455 e. The lowest BCUT2D eigenvalue weighted by molar-refractivity contribution is 0.672. The summed E-state index contributed by atoms with van der Waals surface area (Å²) in [5.74, 6) is 0. The second kappa shape index (κ2) is 10.8. The molecule has 0 unspecified atom stereocenters. The first kappa shape index (κ1) is 26.3. The summed E-state index contributed by atoms with van der Waals surface area (Å²) in [6.45, 7) is 0. The van der Waals surface area contributed by atoms with Crippen LogP contribution in [0.25, 0.3) is 65.7 Å². The minimum atomic E-state index is 0.909. The number of anilines is 3. The summed E-state index contributed by atoms with van der Waals surface area (Å²) in [6.07, 6.45) is 0. The third-order valence-corrected chi connectivity index (χ3v) is 9.04. The molecule has 2 heteroatoms. The zero-order valence-corrected chi connectivity index (χ0v) is 25.1. The summed E-state index contributed by atoms with van der Waals surface area (Å²) in [5, 5.41) is 7.00. The lowest BCUT2D eigenvalue weighted by atomic mass is 9.99. The van der Waals surface area contributed by atoms with Gasteiger partial charge in [-0.2, -0.15) is 0 Å². The van der Waals surface area contributed by atoms with E-state index in [0.717, 1.165) is 49.8 Å². The molecule has 216 valence electrons. The van der Waals surface area contributed by atoms with E-state index in [1.54, 1.807) is 0 Å². The number of benzene rings is 8. The van der Waals surface area contributed by atoms with Crippen molar-refractivity contribution in [2.24, 2.45) is 0 Å². The highest BCUT2D eigenvalue weighted by Crippen LogP contribution is 2.43. The van der Waals surface area contributed by atoms with Gasteiger partial charge in [-0.15, -0.1) is 0 Å². The van der Waals surface area contributed by atoms with Gasteiger partial charge >= 0.3 is 0 Å². The van der Waals surface area contributed by atoms with Gasteiger partial charge in [0.25, 0.3) is 0 Å². The monoisotopic (exact) mass is 587 g/mol. The fourth-order valence-corrected chi connectivity index (χ4v) is 6.77. The van der Waals surface area contributed by atoms with Crippen molar-refractivity contribution in [1.29, 1.82) is 0 Å². The number of hydrogen-bond acceptors (Lipinski definition) is 2. The first-order valence-corrected chi connectivity index (χ1v) is 15.7. The van der Waals surface area contributed by atoms with Crippen molar-refractivity contribution in [1.82, 2.24) is 0 Å². The molecule has 8 aromatic carbocycles. The van der Waals surface area contributed by atoms with E-state index < -0.39 is 0 Å². The Morgan fingerprint density at radius 2 is 0.978 bits per heavy atom. The van der Waals surface area contributed by atoms with Gasteiger partial charge in [0.05, 0.1) is 5.69 Å². The fraction of sp³-hybridized carbons (Fsp3) is 0. The summed E-state index contributed by atoms with van der Waals surface area (Å²) in [4.78, 5) is 2.37. The van der Waals surface area contributed by atoms with E-state index in [1.165, 1.54) is 33.0 Å². The molecule has 0 spiro atoms. The summed E-state index contributed by atoms with van der Waals surface area (Å²) < 4.78 is 6.47. The van der Waals surface area contributed by atoms with Crippen molar-refractivity contribution in [2.75, 3.05) is 4.90 Å². The molecule has 1 aromatic heterocycles. The smallest absolute Gasteiger partial charge is 0.143 e. The van der Waals surface area contributed by atoms with Crippen LogP contribution in [0.5, 0.6) is 0 Å². The van der Waals surface area contributed by atoms with Gasteiger partial charge in [0, 0.05) is 32.9 Å². The minimum absolute atomic E-state index is 0.909. The predicted molar refractivity (Wildman–Crippen MR) is 194 cm³/mol. The van der Waals surface area contributed by atoms with Crippen LogP contribution in [0.4, 0.5) is 17.1 Å². The van der Waals surface area contributed by atoms with E-state index in [4.69, 9.17) is 4.42 Å². The Labute approximate surface area is 267 Å². The highest BCUT2D eigenvalue weighted by atomic mass is 16.3. The van der Waals surface area contributed by atoms with E-state index >= 15 is 0 Å². The van der Waals surface area contributed by atoms with E-state index in [2.05, 4.69) is 169 Å². The molecule has 0 radical (unpaired) electrons. The van der Waals surface area contributed by atoms with Crippen LogP contribution < -0.4 is 4.90 Å². The van der Waals surface area contributed by atoms with Crippen LogP contribution in [0.2, 0.25) is 0 Å². The summed E-state index contributed by atoms with van der Waals surface area (Å²) in [5.41, 5.74) is 9.88. The molecule has 0 N–H and O–H groups in total. The zero-order chi connectivity index (χ0) is 30.5. The summed E-state index contributed by atoms with van der Waals surface area (Å²) in [7, 11) is 0. The molecule has 0 aliphatic carbocycles. The highest BCUT2D eigenvalue weighted by Gasteiger charge is 2.19. The van der Waals surface area contributed by atoms with Crippen molar-refractivity contribution < 1.29 is 4.42 Å². The Hall–Kier alpha value is -6.12. The lowest BCUT2D eigenvalue weighted by Gasteiger charge is -2.27. The number of fused-ring (bicyclic) bond motifs is 6. The summed E-state index contributed by atoms with van der Waals surface area (Å²) >= 11 is 0. The van der Waals surface area contributed by atoms with Gasteiger partial charge < -0.3 is 9.32 Å². The minimum Gasteiger partial charge on any atom is -0.455 e. The first-order valence-electron chi connectivity index (χ1n) is 15.7. The molecule has 0 aliphatic heterocycles. The topological polar surface area (TPSA) is 16.4 Å². The van der Waals surface area contributed by atoms with Gasteiger partial charge in [0.15, 0.2) is 0 Å². The molecule has 0 amide bonds.